The quantitative estimate of drug-likeness (QED) is 0.331. The summed E-state index contributed by atoms with van der Waals surface area (Å²) in [5.41, 5.74) is 6.87. The van der Waals surface area contributed by atoms with Gasteiger partial charge in [0.2, 0.25) is 0 Å². The molecule has 0 saturated heterocycles. The van der Waals surface area contributed by atoms with Crippen LogP contribution in [0.3, 0.4) is 0 Å². The maximum absolute atomic E-state index is 15.0. The summed E-state index contributed by atoms with van der Waals surface area (Å²) in [5.74, 6) is -0.119. The molecule has 0 amide bonds. The summed E-state index contributed by atoms with van der Waals surface area (Å²) in [6.07, 6.45) is 6.06. The number of allylic oxidation sites excluding steroid dienone is 2. The van der Waals surface area contributed by atoms with Crippen LogP contribution in [0, 0.1) is 17.2 Å². The predicted molar refractivity (Wildman–Crippen MR) is 148 cm³/mol. The van der Waals surface area contributed by atoms with Crippen molar-refractivity contribution in [2.45, 2.75) is 59.0 Å². The van der Waals surface area contributed by atoms with Gasteiger partial charge in [0.25, 0.3) is 0 Å². The van der Waals surface area contributed by atoms with Crippen LogP contribution in [0.4, 0.5) is 4.39 Å². The first-order valence-electron chi connectivity index (χ1n) is 13.3. The van der Waals surface area contributed by atoms with Crippen molar-refractivity contribution in [2.24, 2.45) is 11.3 Å². The standard InChI is InChI=1S/C33H35FO4/c1-20(32(35)36)25-13-9-22-8-10-24(18-27(22)25)38-19-21-7-12-26(29-17-23(37-4)11-14-31(29)34)28(16-21)30-6-5-15-33(30,2)3/h6-8,10-12,14,16-18,20,25H,5,9,13,15,19H2,1-4H3,(H,35,36). The third-order valence-corrected chi connectivity index (χ3v) is 8.32. The number of hydrogen-bond acceptors (Lipinski definition) is 3. The first kappa shape index (κ1) is 26.0. The molecule has 2 atom stereocenters. The molecule has 5 heteroatoms. The highest BCUT2D eigenvalue weighted by Gasteiger charge is 2.32. The molecule has 0 radical (unpaired) electrons. The monoisotopic (exact) mass is 514 g/mol. The van der Waals surface area contributed by atoms with Crippen molar-refractivity contribution < 1.29 is 23.8 Å². The van der Waals surface area contributed by atoms with Gasteiger partial charge >= 0.3 is 5.97 Å². The number of benzene rings is 3. The second-order valence-corrected chi connectivity index (χ2v) is 11.2. The molecule has 5 rings (SSSR count). The Hall–Kier alpha value is -3.60. The van der Waals surface area contributed by atoms with E-state index in [0.717, 1.165) is 53.7 Å². The van der Waals surface area contributed by atoms with Crippen LogP contribution in [-0.2, 0) is 17.8 Å². The molecule has 2 unspecified atom stereocenters. The second kappa shape index (κ2) is 10.3. The second-order valence-electron chi connectivity index (χ2n) is 11.2. The number of carboxylic acids is 1. The zero-order chi connectivity index (χ0) is 27.0. The maximum Gasteiger partial charge on any atom is 0.306 e. The van der Waals surface area contributed by atoms with Crippen LogP contribution in [0.25, 0.3) is 16.7 Å². The molecule has 0 spiro atoms. The summed E-state index contributed by atoms with van der Waals surface area (Å²) in [6, 6.07) is 17.0. The summed E-state index contributed by atoms with van der Waals surface area (Å²) >= 11 is 0. The van der Waals surface area contributed by atoms with Crippen LogP contribution in [0.1, 0.15) is 68.2 Å². The van der Waals surface area contributed by atoms with E-state index in [4.69, 9.17) is 9.47 Å². The average Bonchev–Trinajstić information content (AvgIpc) is 3.49. The minimum atomic E-state index is -0.765. The van der Waals surface area contributed by atoms with Gasteiger partial charge in [-0.05, 0) is 107 Å². The molecular formula is C33H35FO4. The normalized spacial score (nSPS) is 18.6. The summed E-state index contributed by atoms with van der Waals surface area (Å²) in [7, 11) is 1.59. The number of rotatable bonds is 8. The number of aliphatic carboxylic acids is 1. The fraction of sp³-hybridized carbons (Fsp3) is 0.364. The summed E-state index contributed by atoms with van der Waals surface area (Å²) in [5, 5.41) is 9.53. The Morgan fingerprint density at radius 1 is 1.05 bits per heavy atom. The van der Waals surface area contributed by atoms with Crippen molar-refractivity contribution >= 4 is 11.5 Å². The molecule has 3 aromatic rings. The lowest BCUT2D eigenvalue weighted by Crippen LogP contribution is -2.17. The first-order valence-corrected chi connectivity index (χ1v) is 13.3. The highest BCUT2D eigenvalue weighted by Crippen LogP contribution is 2.47. The molecule has 0 heterocycles. The largest absolute Gasteiger partial charge is 0.497 e. The van der Waals surface area contributed by atoms with Crippen LogP contribution in [-0.4, -0.2) is 18.2 Å². The highest BCUT2D eigenvalue weighted by molar-refractivity contribution is 5.85. The van der Waals surface area contributed by atoms with Gasteiger partial charge in [-0.15, -0.1) is 0 Å². The van der Waals surface area contributed by atoms with Gasteiger partial charge in [-0.1, -0.05) is 45.0 Å². The molecular weight excluding hydrogens is 479 g/mol. The van der Waals surface area contributed by atoms with Gasteiger partial charge in [0.15, 0.2) is 0 Å². The fourth-order valence-electron chi connectivity index (χ4n) is 6.00. The Bertz CT molecular complexity index is 1400. The molecule has 3 aromatic carbocycles. The fourth-order valence-corrected chi connectivity index (χ4v) is 6.00. The minimum Gasteiger partial charge on any atom is -0.497 e. The van der Waals surface area contributed by atoms with E-state index in [9.17, 15) is 9.90 Å². The van der Waals surface area contributed by atoms with Crippen molar-refractivity contribution in [1.82, 2.24) is 0 Å². The number of halogens is 1. The molecule has 198 valence electrons. The van der Waals surface area contributed by atoms with Gasteiger partial charge in [-0.3, -0.25) is 4.79 Å². The highest BCUT2D eigenvalue weighted by atomic mass is 19.1. The van der Waals surface area contributed by atoms with Gasteiger partial charge in [-0.25, -0.2) is 4.39 Å². The Morgan fingerprint density at radius 2 is 1.84 bits per heavy atom. The summed E-state index contributed by atoms with van der Waals surface area (Å²) < 4.78 is 26.6. The lowest BCUT2D eigenvalue weighted by Gasteiger charge is -2.25. The third kappa shape index (κ3) is 4.94. The van der Waals surface area contributed by atoms with Crippen molar-refractivity contribution in [3.8, 4) is 22.6 Å². The number of carboxylic acid groups (broad SMARTS) is 1. The van der Waals surface area contributed by atoms with Crippen LogP contribution in [0.15, 0.2) is 60.7 Å². The topological polar surface area (TPSA) is 55.8 Å². The van der Waals surface area contributed by atoms with E-state index in [1.807, 2.05) is 24.3 Å². The van der Waals surface area contributed by atoms with Crippen LogP contribution in [0.5, 0.6) is 11.5 Å². The SMILES string of the molecule is COc1ccc(F)c(-c2ccc(COc3ccc4c(c3)C(C(C)C(=O)O)CC4)cc2C2=CCCC2(C)C)c1. The molecule has 0 aliphatic heterocycles. The van der Waals surface area contributed by atoms with E-state index in [-0.39, 0.29) is 17.2 Å². The van der Waals surface area contributed by atoms with E-state index in [2.05, 4.69) is 32.1 Å². The number of methoxy groups -OCH3 is 1. The van der Waals surface area contributed by atoms with Crippen molar-refractivity contribution in [1.29, 1.82) is 0 Å². The molecule has 0 bridgehead atoms. The van der Waals surface area contributed by atoms with E-state index in [1.54, 1.807) is 26.2 Å². The van der Waals surface area contributed by atoms with E-state index >= 15 is 4.39 Å². The van der Waals surface area contributed by atoms with Crippen LogP contribution in [0.2, 0.25) is 0 Å². The maximum atomic E-state index is 15.0. The number of aryl methyl sites for hydroxylation is 1. The zero-order valence-corrected chi connectivity index (χ0v) is 22.5. The molecule has 0 saturated carbocycles. The zero-order valence-electron chi connectivity index (χ0n) is 22.5. The van der Waals surface area contributed by atoms with Gasteiger partial charge in [0, 0.05) is 5.56 Å². The molecule has 2 aliphatic rings. The van der Waals surface area contributed by atoms with Crippen molar-refractivity contribution in [3.63, 3.8) is 0 Å². The molecule has 38 heavy (non-hydrogen) atoms. The van der Waals surface area contributed by atoms with Gasteiger partial charge < -0.3 is 14.6 Å². The lowest BCUT2D eigenvalue weighted by atomic mass is 9.79. The summed E-state index contributed by atoms with van der Waals surface area (Å²) in [4.78, 5) is 11.6. The van der Waals surface area contributed by atoms with Gasteiger partial charge in [0.1, 0.15) is 23.9 Å². The molecule has 2 aliphatic carbocycles. The van der Waals surface area contributed by atoms with Crippen molar-refractivity contribution in [3.05, 3.63) is 88.7 Å². The predicted octanol–water partition coefficient (Wildman–Crippen LogP) is 8.03. The summed E-state index contributed by atoms with van der Waals surface area (Å²) in [6.45, 7) is 6.61. The molecule has 1 N–H and O–H groups in total. The van der Waals surface area contributed by atoms with Crippen LogP contribution < -0.4 is 9.47 Å². The van der Waals surface area contributed by atoms with E-state index in [1.165, 1.54) is 17.2 Å². The average molecular weight is 515 g/mol. The number of ether oxygens (including phenoxy) is 2. The molecule has 0 aromatic heterocycles. The Morgan fingerprint density at radius 3 is 2.55 bits per heavy atom. The number of hydrogen-bond donors (Lipinski definition) is 1. The van der Waals surface area contributed by atoms with Gasteiger partial charge in [-0.2, -0.15) is 0 Å². The Balaban J connectivity index is 1.46. The lowest BCUT2D eigenvalue weighted by molar-refractivity contribution is -0.141. The molecule has 4 nitrogen and oxygen atoms in total. The minimum absolute atomic E-state index is 0.00577. The van der Waals surface area contributed by atoms with Crippen molar-refractivity contribution in [2.75, 3.05) is 7.11 Å². The van der Waals surface area contributed by atoms with E-state index < -0.39 is 11.9 Å². The van der Waals surface area contributed by atoms with Gasteiger partial charge in [0.05, 0.1) is 13.0 Å². The smallest absolute Gasteiger partial charge is 0.306 e. The van der Waals surface area contributed by atoms with Crippen LogP contribution >= 0.6 is 0 Å². The first-order chi connectivity index (χ1) is 18.2. The Kier molecular flexibility index (Phi) is 7.04. The molecule has 0 fully saturated rings. The van der Waals surface area contributed by atoms with E-state index in [0.29, 0.717) is 17.9 Å². The number of fused-ring (bicyclic) bond motifs is 1. The Labute approximate surface area is 224 Å². The number of carbonyl (C=O) groups is 1. The third-order valence-electron chi connectivity index (χ3n) is 8.32.